The van der Waals surface area contributed by atoms with Crippen molar-refractivity contribution in [3.63, 3.8) is 0 Å². The molecule has 0 atom stereocenters. The molecule has 20 heavy (non-hydrogen) atoms. The van der Waals surface area contributed by atoms with Crippen LogP contribution in [-0.2, 0) is 4.43 Å². The van der Waals surface area contributed by atoms with Gasteiger partial charge in [-0.15, -0.1) is 0 Å². The topological polar surface area (TPSA) is 9.23 Å². The second-order valence-corrected chi connectivity index (χ2v) is 11.4. The van der Waals surface area contributed by atoms with Crippen molar-refractivity contribution in [2.75, 3.05) is 0 Å². The Balaban J connectivity index is 4.81. The molecule has 0 N–H and O–H groups in total. The lowest BCUT2D eigenvalue weighted by Gasteiger charge is -2.28. The summed E-state index contributed by atoms with van der Waals surface area (Å²) in [5.41, 5.74) is 0. The van der Waals surface area contributed by atoms with Gasteiger partial charge in [-0.05, 0) is 51.4 Å². The summed E-state index contributed by atoms with van der Waals surface area (Å²) in [6.07, 6.45) is 14.0. The Labute approximate surface area is 129 Å². The lowest BCUT2D eigenvalue weighted by Crippen LogP contribution is -2.27. The summed E-state index contributed by atoms with van der Waals surface area (Å²) in [6.45, 7) is 13.7. The van der Waals surface area contributed by atoms with Crippen LogP contribution in [0.1, 0.15) is 78.6 Å². The predicted octanol–water partition coefficient (Wildman–Crippen LogP) is 6.91. The molecular weight excluding hydrogens is 260 g/mol. The van der Waals surface area contributed by atoms with E-state index < -0.39 is 8.32 Å². The highest BCUT2D eigenvalue weighted by Crippen LogP contribution is 2.28. The molecule has 0 radical (unpaired) electrons. The van der Waals surface area contributed by atoms with E-state index in [1.54, 1.807) is 0 Å². The smallest absolute Gasteiger partial charge is 0.241 e. The Kier molecular flexibility index (Phi) is 11.3. The zero-order valence-electron chi connectivity index (χ0n) is 14.9. The van der Waals surface area contributed by atoms with Gasteiger partial charge in [-0.25, -0.2) is 0 Å². The third-order valence-electron chi connectivity index (χ3n) is 3.54. The number of unbranched alkanes of at least 4 members (excludes halogenated alkanes) is 4. The minimum absolute atomic E-state index is 0.665. The molecule has 0 aromatic rings. The van der Waals surface area contributed by atoms with E-state index in [0.717, 1.165) is 0 Å². The van der Waals surface area contributed by atoms with Crippen LogP contribution < -0.4 is 0 Å². The minimum Gasteiger partial charge on any atom is -0.547 e. The van der Waals surface area contributed by atoms with Crippen LogP contribution in [-0.4, -0.2) is 8.32 Å². The molecule has 0 heterocycles. The second-order valence-electron chi connectivity index (χ2n) is 6.94. The molecule has 0 fully saturated rings. The highest BCUT2D eigenvalue weighted by Gasteiger charge is 2.22. The molecule has 0 spiro atoms. The summed E-state index contributed by atoms with van der Waals surface area (Å²) in [5.74, 6) is 2.00. The van der Waals surface area contributed by atoms with Crippen LogP contribution >= 0.6 is 0 Å². The molecule has 0 amide bonds. The molecule has 120 valence electrons. The zero-order chi connectivity index (χ0) is 15.4. The van der Waals surface area contributed by atoms with Gasteiger partial charge in [0.15, 0.2) is 0 Å². The van der Waals surface area contributed by atoms with Crippen LogP contribution in [0.25, 0.3) is 0 Å². The van der Waals surface area contributed by atoms with Crippen molar-refractivity contribution in [2.24, 2.45) is 5.92 Å². The molecule has 0 aliphatic rings. The van der Waals surface area contributed by atoms with E-state index in [1.807, 2.05) is 0 Å². The molecule has 2 heteroatoms. The molecule has 1 nitrogen and oxygen atoms in total. The average Bonchev–Trinajstić information content (AvgIpc) is 2.37. The first-order chi connectivity index (χ1) is 9.44. The highest BCUT2D eigenvalue weighted by atomic mass is 28.4. The zero-order valence-corrected chi connectivity index (χ0v) is 15.9. The minimum atomic E-state index is -1.49. The number of rotatable bonds is 12. The van der Waals surface area contributed by atoms with Crippen LogP contribution in [0.2, 0.25) is 19.6 Å². The Morgan fingerprint density at radius 2 is 1.40 bits per heavy atom. The third-order valence-corrected chi connectivity index (χ3v) is 4.39. The first kappa shape index (κ1) is 19.8. The van der Waals surface area contributed by atoms with Crippen molar-refractivity contribution in [3.8, 4) is 0 Å². The first-order valence-corrected chi connectivity index (χ1v) is 12.2. The van der Waals surface area contributed by atoms with Gasteiger partial charge >= 0.3 is 0 Å². The van der Waals surface area contributed by atoms with Crippen LogP contribution in [0.4, 0.5) is 0 Å². The lowest BCUT2D eigenvalue weighted by molar-refractivity contribution is 0.307. The van der Waals surface area contributed by atoms with Gasteiger partial charge < -0.3 is 4.43 Å². The molecule has 0 aliphatic carbocycles. The lowest BCUT2D eigenvalue weighted by atomic mass is 9.93. The summed E-state index contributed by atoms with van der Waals surface area (Å²) in [4.78, 5) is 0. The average molecular weight is 299 g/mol. The quantitative estimate of drug-likeness (QED) is 0.216. The normalized spacial score (nSPS) is 13.1. The van der Waals surface area contributed by atoms with Gasteiger partial charge in [0.05, 0.1) is 5.76 Å². The van der Waals surface area contributed by atoms with Crippen LogP contribution in [0.3, 0.4) is 0 Å². The largest absolute Gasteiger partial charge is 0.547 e. The number of hydrogen-bond donors (Lipinski definition) is 0. The number of hydrogen-bond acceptors (Lipinski definition) is 1. The van der Waals surface area contributed by atoms with Crippen LogP contribution in [0.5, 0.6) is 0 Å². The van der Waals surface area contributed by atoms with Crippen LogP contribution in [0.15, 0.2) is 11.8 Å². The molecule has 0 aromatic heterocycles. The molecule has 0 saturated heterocycles. The number of allylic oxidation sites excluding steroid dienone is 2. The fourth-order valence-electron chi connectivity index (χ4n) is 2.42. The molecule has 0 unspecified atom stereocenters. The van der Waals surface area contributed by atoms with Crippen molar-refractivity contribution in [3.05, 3.63) is 11.8 Å². The van der Waals surface area contributed by atoms with E-state index >= 15 is 0 Å². The maximum Gasteiger partial charge on any atom is 0.241 e. The monoisotopic (exact) mass is 298 g/mol. The Hall–Kier alpha value is -0.243. The Bertz CT molecular complexity index is 245. The predicted molar refractivity (Wildman–Crippen MR) is 94.6 cm³/mol. The fourth-order valence-corrected chi connectivity index (χ4v) is 3.38. The summed E-state index contributed by atoms with van der Waals surface area (Å²) in [6, 6.07) is 0. The summed E-state index contributed by atoms with van der Waals surface area (Å²) < 4.78 is 6.44. The Morgan fingerprint density at radius 3 is 1.80 bits per heavy atom. The molecule has 0 rings (SSSR count). The van der Waals surface area contributed by atoms with Gasteiger partial charge in [0.1, 0.15) is 0 Å². The summed E-state index contributed by atoms with van der Waals surface area (Å²) >= 11 is 0. The van der Waals surface area contributed by atoms with Crippen LogP contribution in [0, 0.1) is 5.92 Å². The first-order valence-electron chi connectivity index (χ1n) is 8.83. The van der Waals surface area contributed by atoms with Gasteiger partial charge in [0.2, 0.25) is 8.32 Å². The molecule has 0 bridgehead atoms. The van der Waals surface area contributed by atoms with Crippen molar-refractivity contribution in [1.29, 1.82) is 0 Å². The standard InChI is InChI=1S/C18H38OSi/c1-7-10-13-16-18(19-20(4,5)6)17(14-11-8-2)15-12-9-3/h16-17H,7-15H2,1-6H3/b18-16-. The maximum absolute atomic E-state index is 6.44. The SMILES string of the molecule is CCCC/C=C(\O[Si](C)(C)C)C(CCCC)CCCC. The van der Waals surface area contributed by atoms with Gasteiger partial charge in [-0.3, -0.25) is 0 Å². The van der Waals surface area contributed by atoms with Crippen molar-refractivity contribution < 1.29 is 4.43 Å². The molecule has 0 saturated carbocycles. The maximum atomic E-state index is 6.44. The van der Waals surface area contributed by atoms with Gasteiger partial charge in [0.25, 0.3) is 0 Å². The van der Waals surface area contributed by atoms with Crippen molar-refractivity contribution in [1.82, 2.24) is 0 Å². The van der Waals surface area contributed by atoms with Gasteiger partial charge in [-0.1, -0.05) is 52.9 Å². The van der Waals surface area contributed by atoms with E-state index in [2.05, 4.69) is 46.5 Å². The Morgan fingerprint density at radius 1 is 0.900 bits per heavy atom. The third kappa shape index (κ3) is 10.5. The molecule has 0 aromatic carbocycles. The van der Waals surface area contributed by atoms with Gasteiger partial charge in [0, 0.05) is 5.92 Å². The fraction of sp³-hybridized carbons (Fsp3) is 0.889. The van der Waals surface area contributed by atoms with Crippen molar-refractivity contribution in [2.45, 2.75) is 98.2 Å². The molecule has 0 aliphatic heterocycles. The van der Waals surface area contributed by atoms with Gasteiger partial charge in [-0.2, -0.15) is 0 Å². The highest BCUT2D eigenvalue weighted by molar-refractivity contribution is 6.70. The van der Waals surface area contributed by atoms with Crippen molar-refractivity contribution >= 4 is 8.32 Å². The van der Waals surface area contributed by atoms with E-state index in [1.165, 1.54) is 63.5 Å². The van der Waals surface area contributed by atoms with E-state index in [-0.39, 0.29) is 0 Å². The van der Waals surface area contributed by atoms with E-state index in [9.17, 15) is 0 Å². The van der Waals surface area contributed by atoms with E-state index in [4.69, 9.17) is 4.43 Å². The van der Waals surface area contributed by atoms with E-state index in [0.29, 0.717) is 5.92 Å². The summed E-state index contributed by atoms with van der Waals surface area (Å²) in [7, 11) is -1.49. The summed E-state index contributed by atoms with van der Waals surface area (Å²) in [5, 5.41) is 0. The molecular formula is C18H38OSi. The second kappa shape index (κ2) is 11.4.